The maximum atomic E-state index is 11.6. The topological polar surface area (TPSA) is 55.4 Å². The average Bonchev–Trinajstić information content (AvgIpc) is 2.63. The molecular weight excluding hydrogens is 262 g/mol. The summed E-state index contributed by atoms with van der Waals surface area (Å²) in [5.41, 5.74) is 0. The van der Waals surface area contributed by atoms with Crippen LogP contribution in [0.4, 0.5) is 0 Å². The second-order valence-corrected chi connectivity index (χ2v) is 8.42. The lowest BCUT2D eigenvalue weighted by Crippen LogP contribution is -2.34. The molecule has 0 aromatic carbocycles. The SMILES string of the molecule is CC(C)NCC(CCOC(C)C)C1CCS(=O)(=O)C1. The molecule has 1 fully saturated rings. The smallest absolute Gasteiger partial charge is 0.150 e. The van der Waals surface area contributed by atoms with Gasteiger partial charge in [0.05, 0.1) is 17.6 Å². The Hall–Kier alpha value is -0.130. The molecule has 0 bridgehead atoms. The predicted octanol–water partition coefficient (Wildman–Crippen LogP) is 1.85. The standard InChI is InChI=1S/C14H29NO3S/c1-11(2)15-9-13(5-7-18-12(3)4)14-6-8-19(16,17)10-14/h11-15H,5-10H2,1-4H3. The van der Waals surface area contributed by atoms with E-state index in [-0.39, 0.29) is 6.10 Å². The second kappa shape index (κ2) is 7.60. The molecule has 0 spiro atoms. The van der Waals surface area contributed by atoms with E-state index in [9.17, 15) is 8.42 Å². The van der Waals surface area contributed by atoms with Crippen LogP contribution in [-0.4, -0.2) is 45.2 Å². The highest BCUT2D eigenvalue weighted by molar-refractivity contribution is 7.91. The summed E-state index contributed by atoms with van der Waals surface area (Å²) < 4.78 is 28.8. The van der Waals surface area contributed by atoms with E-state index in [2.05, 4.69) is 19.2 Å². The summed E-state index contributed by atoms with van der Waals surface area (Å²) in [4.78, 5) is 0. The van der Waals surface area contributed by atoms with Crippen LogP contribution in [0.5, 0.6) is 0 Å². The van der Waals surface area contributed by atoms with Crippen LogP contribution in [0.3, 0.4) is 0 Å². The van der Waals surface area contributed by atoms with Gasteiger partial charge in [-0.15, -0.1) is 0 Å². The molecule has 1 aliphatic rings. The zero-order chi connectivity index (χ0) is 14.5. The summed E-state index contributed by atoms with van der Waals surface area (Å²) in [6, 6.07) is 0.437. The highest BCUT2D eigenvalue weighted by Crippen LogP contribution is 2.28. The monoisotopic (exact) mass is 291 g/mol. The molecule has 4 nitrogen and oxygen atoms in total. The van der Waals surface area contributed by atoms with Gasteiger partial charge in [0.1, 0.15) is 0 Å². The first-order chi connectivity index (χ1) is 8.80. The molecule has 1 aliphatic heterocycles. The Bertz CT molecular complexity index is 352. The van der Waals surface area contributed by atoms with E-state index in [1.165, 1.54) is 0 Å². The minimum absolute atomic E-state index is 0.242. The van der Waals surface area contributed by atoms with Crippen molar-refractivity contribution in [2.45, 2.75) is 52.7 Å². The number of ether oxygens (including phenoxy) is 1. The van der Waals surface area contributed by atoms with Gasteiger partial charge in [-0.2, -0.15) is 0 Å². The van der Waals surface area contributed by atoms with Gasteiger partial charge >= 0.3 is 0 Å². The molecule has 2 atom stereocenters. The van der Waals surface area contributed by atoms with Gasteiger partial charge in [-0.3, -0.25) is 0 Å². The summed E-state index contributed by atoms with van der Waals surface area (Å²) in [5.74, 6) is 1.42. The quantitative estimate of drug-likeness (QED) is 0.741. The molecule has 0 aromatic rings. The molecule has 0 amide bonds. The van der Waals surface area contributed by atoms with E-state index in [0.29, 0.717) is 29.4 Å². The van der Waals surface area contributed by atoms with Crippen LogP contribution < -0.4 is 5.32 Å². The van der Waals surface area contributed by atoms with Crippen molar-refractivity contribution in [3.05, 3.63) is 0 Å². The molecular formula is C14H29NO3S. The summed E-state index contributed by atoms with van der Waals surface area (Å²) >= 11 is 0. The van der Waals surface area contributed by atoms with E-state index >= 15 is 0 Å². The maximum absolute atomic E-state index is 11.6. The van der Waals surface area contributed by atoms with Crippen LogP contribution in [0, 0.1) is 11.8 Å². The van der Waals surface area contributed by atoms with E-state index in [1.807, 2.05) is 13.8 Å². The third-order valence-corrected chi connectivity index (χ3v) is 5.46. The molecule has 1 N–H and O–H groups in total. The highest BCUT2D eigenvalue weighted by atomic mass is 32.2. The van der Waals surface area contributed by atoms with Gasteiger partial charge in [-0.25, -0.2) is 8.42 Å². The fourth-order valence-electron chi connectivity index (χ4n) is 2.54. The van der Waals surface area contributed by atoms with E-state index in [4.69, 9.17) is 4.74 Å². The molecule has 2 unspecified atom stereocenters. The molecule has 1 rings (SSSR count). The van der Waals surface area contributed by atoms with Gasteiger partial charge in [0, 0.05) is 12.6 Å². The molecule has 0 aliphatic carbocycles. The lowest BCUT2D eigenvalue weighted by Gasteiger charge is -2.24. The first-order valence-corrected chi connectivity index (χ1v) is 9.17. The Morgan fingerprint density at radius 1 is 1.26 bits per heavy atom. The van der Waals surface area contributed by atoms with Crippen LogP contribution in [0.2, 0.25) is 0 Å². The van der Waals surface area contributed by atoms with Gasteiger partial charge < -0.3 is 10.1 Å². The third-order valence-electron chi connectivity index (χ3n) is 3.66. The molecule has 114 valence electrons. The van der Waals surface area contributed by atoms with Gasteiger partial charge in [-0.1, -0.05) is 13.8 Å². The predicted molar refractivity (Wildman–Crippen MR) is 79.1 cm³/mol. The number of hydrogen-bond donors (Lipinski definition) is 1. The molecule has 5 heteroatoms. The minimum Gasteiger partial charge on any atom is -0.379 e. The van der Waals surface area contributed by atoms with Gasteiger partial charge in [-0.05, 0) is 45.1 Å². The molecule has 1 saturated heterocycles. The normalized spacial score (nSPS) is 24.2. The lowest BCUT2D eigenvalue weighted by atomic mass is 9.89. The highest BCUT2D eigenvalue weighted by Gasteiger charge is 2.33. The largest absolute Gasteiger partial charge is 0.379 e. The Balaban J connectivity index is 2.49. The summed E-state index contributed by atoms with van der Waals surface area (Å²) in [6.45, 7) is 9.90. The van der Waals surface area contributed by atoms with Crippen molar-refractivity contribution in [2.24, 2.45) is 11.8 Å². The Morgan fingerprint density at radius 2 is 1.95 bits per heavy atom. The number of hydrogen-bond acceptors (Lipinski definition) is 4. The average molecular weight is 291 g/mol. The Morgan fingerprint density at radius 3 is 2.42 bits per heavy atom. The molecule has 1 heterocycles. The fraction of sp³-hybridized carbons (Fsp3) is 1.00. The van der Waals surface area contributed by atoms with Crippen LogP contribution in [0.25, 0.3) is 0 Å². The zero-order valence-corrected chi connectivity index (χ0v) is 13.5. The number of rotatable bonds is 8. The van der Waals surface area contributed by atoms with Crippen molar-refractivity contribution >= 4 is 9.84 Å². The number of sulfone groups is 1. The fourth-order valence-corrected chi connectivity index (χ4v) is 4.46. The first kappa shape index (κ1) is 16.9. The van der Waals surface area contributed by atoms with E-state index in [0.717, 1.165) is 26.0 Å². The van der Waals surface area contributed by atoms with Crippen molar-refractivity contribution < 1.29 is 13.2 Å². The van der Waals surface area contributed by atoms with Crippen molar-refractivity contribution in [3.8, 4) is 0 Å². The van der Waals surface area contributed by atoms with Crippen LogP contribution >= 0.6 is 0 Å². The van der Waals surface area contributed by atoms with Crippen molar-refractivity contribution in [1.29, 1.82) is 0 Å². The van der Waals surface area contributed by atoms with Crippen molar-refractivity contribution in [2.75, 3.05) is 24.7 Å². The van der Waals surface area contributed by atoms with E-state index in [1.54, 1.807) is 0 Å². The third kappa shape index (κ3) is 6.72. The molecule has 0 radical (unpaired) electrons. The summed E-state index contributed by atoms with van der Waals surface area (Å²) in [7, 11) is -2.79. The Labute approximate surface area is 118 Å². The molecule has 0 saturated carbocycles. The molecule has 0 aromatic heterocycles. The maximum Gasteiger partial charge on any atom is 0.150 e. The van der Waals surface area contributed by atoms with Gasteiger partial charge in [0.25, 0.3) is 0 Å². The number of nitrogens with one attached hydrogen (secondary N) is 1. The van der Waals surface area contributed by atoms with Crippen molar-refractivity contribution in [3.63, 3.8) is 0 Å². The van der Waals surface area contributed by atoms with E-state index < -0.39 is 9.84 Å². The Kier molecular flexibility index (Phi) is 6.77. The second-order valence-electron chi connectivity index (χ2n) is 6.19. The molecule has 19 heavy (non-hydrogen) atoms. The minimum atomic E-state index is -2.79. The van der Waals surface area contributed by atoms with Crippen molar-refractivity contribution in [1.82, 2.24) is 5.32 Å². The zero-order valence-electron chi connectivity index (χ0n) is 12.7. The summed E-state index contributed by atoms with van der Waals surface area (Å²) in [6.07, 6.45) is 2.00. The first-order valence-electron chi connectivity index (χ1n) is 7.35. The van der Waals surface area contributed by atoms with Gasteiger partial charge in [0.2, 0.25) is 0 Å². The van der Waals surface area contributed by atoms with Crippen LogP contribution in [-0.2, 0) is 14.6 Å². The summed E-state index contributed by atoms with van der Waals surface area (Å²) in [5, 5.41) is 3.44. The van der Waals surface area contributed by atoms with Gasteiger partial charge in [0.15, 0.2) is 9.84 Å². The van der Waals surface area contributed by atoms with Crippen LogP contribution in [0.1, 0.15) is 40.5 Å². The van der Waals surface area contributed by atoms with Crippen LogP contribution in [0.15, 0.2) is 0 Å². The lowest BCUT2D eigenvalue weighted by molar-refractivity contribution is 0.0631.